The van der Waals surface area contributed by atoms with Gasteiger partial charge in [-0.1, -0.05) is 6.07 Å². The third kappa shape index (κ3) is 2.90. The Balaban J connectivity index is 2.30. The molecule has 2 N–H and O–H groups in total. The molecule has 106 valence electrons. The number of aromatic amines is 1. The average Bonchev–Trinajstić information content (AvgIpc) is 2.32. The maximum atomic E-state index is 12.1. The molecule has 0 spiro atoms. The lowest BCUT2D eigenvalue weighted by Gasteiger charge is -2.17. The number of nitrogens with one attached hydrogen (secondary N) is 2. The van der Waals surface area contributed by atoms with Gasteiger partial charge in [0, 0.05) is 5.69 Å². The zero-order valence-corrected chi connectivity index (χ0v) is 12.7. The van der Waals surface area contributed by atoms with Crippen molar-refractivity contribution >= 4 is 5.69 Å². The van der Waals surface area contributed by atoms with E-state index in [1.54, 1.807) is 6.92 Å². The van der Waals surface area contributed by atoms with Crippen LogP contribution in [0.2, 0.25) is 0 Å². The molecule has 1 heterocycles. The van der Waals surface area contributed by atoms with Crippen molar-refractivity contribution in [3.05, 3.63) is 56.8 Å². The predicted molar refractivity (Wildman–Crippen MR) is 82.3 cm³/mol. The van der Waals surface area contributed by atoms with Crippen LogP contribution in [-0.2, 0) is 0 Å². The number of nitrogens with zero attached hydrogens (tertiary/aromatic N) is 1. The van der Waals surface area contributed by atoms with Crippen LogP contribution >= 0.6 is 0 Å². The fourth-order valence-electron chi connectivity index (χ4n) is 2.40. The van der Waals surface area contributed by atoms with Gasteiger partial charge < -0.3 is 10.3 Å². The second kappa shape index (κ2) is 5.49. The molecule has 0 bridgehead atoms. The van der Waals surface area contributed by atoms with Gasteiger partial charge in [-0.25, -0.2) is 4.98 Å². The molecule has 0 aliphatic rings. The molecule has 1 aromatic heterocycles. The lowest BCUT2D eigenvalue weighted by atomic mass is 10.1. The molecular formula is C16H21N3O. The van der Waals surface area contributed by atoms with Gasteiger partial charge in [0.15, 0.2) is 0 Å². The zero-order chi connectivity index (χ0) is 14.9. The van der Waals surface area contributed by atoms with Gasteiger partial charge in [0.05, 0.1) is 17.3 Å². The fourth-order valence-corrected chi connectivity index (χ4v) is 2.40. The Kier molecular flexibility index (Phi) is 3.93. The number of aryl methyl sites for hydroxylation is 4. The first-order valence-electron chi connectivity index (χ1n) is 6.79. The van der Waals surface area contributed by atoms with Crippen molar-refractivity contribution < 1.29 is 0 Å². The minimum Gasteiger partial charge on any atom is -0.378 e. The van der Waals surface area contributed by atoms with E-state index < -0.39 is 0 Å². The van der Waals surface area contributed by atoms with Crippen LogP contribution < -0.4 is 10.9 Å². The van der Waals surface area contributed by atoms with Gasteiger partial charge in [0.2, 0.25) is 0 Å². The van der Waals surface area contributed by atoms with Gasteiger partial charge in [0.1, 0.15) is 5.82 Å². The summed E-state index contributed by atoms with van der Waals surface area (Å²) in [6.07, 6.45) is 0. The van der Waals surface area contributed by atoms with E-state index in [4.69, 9.17) is 0 Å². The second-order valence-electron chi connectivity index (χ2n) is 5.32. The summed E-state index contributed by atoms with van der Waals surface area (Å²) in [5.41, 5.74) is 4.90. The van der Waals surface area contributed by atoms with E-state index in [1.165, 1.54) is 11.1 Å². The van der Waals surface area contributed by atoms with Crippen molar-refractivity contribution in [2.45, 2.75) is 40.7 Å². The summed E-state index contributed by atoms with van der Waals surface area (Å²) in [4.78, 5) is 19.2. The van der Waals surface area contributed by atoms with Crippen LogP contribution in [0.1, 0.15) is 41.2 Å². The van der Waals surface area contributed by atoms with Crippen LogP contribution in [0.4, 0.5) is 5.69 Å². The highest BCUT2D eigenvalue weighted by atomic mass is 16.1. The van der Waals surface area contributed by atoms with Gasteiger partial charge in [-0.15, -0.1) is 0 Å². The van der Waals surface area contributed by atoms with Gasteiger partial charge in [-0.3, -0.25) is 4.79 Å². The number of hydrogen-bond acceptors (Lipinski definition) is 3. The summed E-state index contributed by atoms with van der Waals surface area (Å²) in [6, 6.07) is 6.12. The average molecular weight is 271 g/mol. The first-order chi connectivity index (χ1) is 9.38. The molecule has 4 heteroatoms. The number of hydrogen-bond donors (Lipinski definition) is 2. The van der Waals surface area contributed by atoms with E-state index in [0.29, 0.717) is 11.4 Å². The van der Waals surface area contributed by atoms with Crippen molar-refractivity contribution in [2.24, 2.45) is 0 Å². The summed E-state index contributed by atoms with van der Waals surface area (Å²) in [5.74, 6) is 0.648. The standard InChI is InChI=1S/C16H21N3O/c1-9-6-7-14(8-10(9)2)18-12(4)15-11(3)17-13(5)19-16(15)20/h6-8,12,18H,1-5H3,(H,17,19,20). The third-order valence-electron chi connectivity index (χ3n) is 3.59. The predicted octanol–water partition coefficient (Wildman–Crippen LogP) is 3.18. The van der Waals surface area contributed by atoms with Crippen molar-refractivity contribution in [1.82, 2.24) is 9.97 Å². The summed E-state index contributed by atoms with van der Waals surface area (Å²) in [5, 5.41) is 3.37. The zero-order valence-electron chi connectivity index (χ0n) is 12.7. The lowest BCUT2D eigenvalue weighted by molar-refractivity contribution is 0.813. The van der Waals surface area contributed by atoms with E-state index in [0.717, 1.165) is 11.4 Å². The molecule has 1 unspecified atom stereocenters. The number of benzene rings is 1. The normalized spacial score (nSPS) is 12.2. The summed E-state index contributed by atoms with van der Waals surface area (Å²) < 4.78 is 0. The Bertz CT molecular complexity index is 689. The largest absolute Gasteiger partial charge is 0.378 e. The Hall–Kier alpha value is -2.10. The van der Waals surface area contributed by atoms with Crippen molar-refractivity contribution in [1.29, 1.82) is 0 Å². The molecule has 0 saturated carbocycles. The highest BCUT2D eigenvalue weighted by Crippen LogP contribution is 2.20. The maximum Gasteiger partial charge on any atom is 0.256 e. The van der Waals surface area contributed by atoms with Crippen LogP contribution in [0.25, 0.3) is 0 Å². The number of aromatic nitrogens is 2. The molecule has 2 rings (SSSR count). The van der Waals surface area contributed by atoms with Crippen molar-refractivity contribution in [2.75, 3.05) is 5.32 Å². The lowest BCUT2D eigenvalue weighted by Crippen LogP contribution is -2.23. The molecule has 0 fully saturated rings. The molecule has 0 amide bonds. The third-order valence-corrected chi connectivity index (χ3v) is 3.59. The minimum absolute atomic E-state index is 0.0705. The maximum absolute atomic E-state index is 12.1. The monoisotopic (exact) mass is 271 g/mol. The van der Waals surface area contributed by atoms with Gasteiger partial charge in [0.25, 0.3) is 5.56 Å². The van der Waals surface area contributed by atoms with Gasteiger partial charge in [-0.2, -0.15) is 0 Å². The Morgan fingerprint density at radius 1 is 1.15 bits per heavy atom. The highest BCUT2D eigenvalue weighted by Gasteiger charge is 2.14. The van der Waals surface area contributed by atoms with Crippen molar-refractivity contribution in [3.63, 3.8) is 0 Å². The van der Waals surface area contributed by atoms with Crippen LogP contribution in [0, 0.1) is 27.7 Å². The SMILES string of the molecule is Cc1nc(C)c(C(C)Nc2ccc(C)c(C)c2)c(=O)[nH]1. The molecule has 1 atom stereocenters. The van der Waals surface area contributed by atoms with Crippen LogP contribution in [0.5, 0.6) is 0 Å². The van der Waals surface area contributed by atoms with E-state index >= 15 is 0 Å². The molecule has 0 aliphatic heterocycles. The fraction of sp³-hybridized carbons (Fsp3) is 0.375. The molecule has 20 heavy (non-hydrogen) atoms. The van der Waals surface area contributed by atoms with E-state index in [1.807, 2.05) is 19.9 Å². The molecule has 0 saturated heterocycles. The molecule has 1 aromatic carbocycles. The van der Waals surface area contributed by atoms with Gasteiger partial charge >= 0.3 is 0 Å². The molecule has 0 aliphatic carbocycles. The van der Waals surface area contributed by atoms with Crippen LogP contribution in [-0.4, -0.2) is 9.97 Å². The number of H-pyrrole nitrogens is 1. The molecule has 0 radical (unpaired) electrons. The van der Waals surface area contributed by atoms with Crippen LogP contribution in [0.3, 0.4) is 0 Å². The van der Waals surface area contributed by atoms with E-state index in [2.05, 4.69) is 41.3 Å². The first kappa shape index (κ1) is 14.3. The first-order valence-corrected chi connectivity index (χ1v) is 6.79. The quantitative estimate of drug-likeness (QED) is 0.901. The van der Waals surface area contributed by atoms with E-state index in [-0.39, 0.29) is 11.6 Å². The summed E-state index contributed by atoms with van der Waals surface area (Å²) in [7, 11) is 0. The number of rotatable bonds is 3. The summed E-state index contributed by atoms with van der Waals surface area (Å²) >= 11 is 0. The number of anilines is 1. The van der Waals surface area contributed by atoms with Crippen LogP contribution in [0.15, 0.2) is 23.0 Å². The second-order valence-corrected chi connectivity index (χ2v) is 5.32. The van der Waals surface area contributed by atoms with Crippen molar-refractivity contribution in [3.8, 4) is 0 Å². The molecular weight excluding hydrogens is 250 g/mol. The smallest absolute Gasteiger partial charge is 0.256 e. The Morgan fingerprint density at radius 2 is 1.85 bits per heavy atom. The summed E-state index contributed by atoms with van der Waals surface area (Å²) in [6.45, 7) is 9.80. The Morgan fingerprint density at radius 3 is 2.45 bits per heavy atom. The molecule has 2 aromatic rings. The Labute approximate surface area is 119 Å². The van der Waals surface area contributed by atoms with E-state index in [9.17, 15) is 4.79 Å². The molecule has 4 nitrogen and oxygen atoms in total. The topological polar surface area (TPSA) is 57.8 Å². The minimum atomic E-state index is -0.0889. The van der Waals surface area contributed by atoms with Gasteiger partial charge in [-0.05, 0) is 57.9 Å². The highest BCUT2D eigenvalue weighted by molar-refractivity contribution is 5.49.